The molecule has 110 valence electrons. The third-order valence-corrected chi connectivity index (χ3v) is 3.55. The van der Waals surface area contributed by atoms with E-state index in [1.54, 1.807) is 0 Å². The molecular formula is C15H22N2O3. The van der Waals surface area contributed by atoms with Crippen molar-refractivity contribution in [1.29, 1.82) is 0 Å². The van der Waals surface area contributed by atoms with Crippen LogP contribution in [-0.4, -0.2) is 54.4 Å². The smallest absolute Gasteiger partial charge is 0.238 e. The summed E-state index contributed by atoms with van der Waals surface area (Å²) < 4.78 is 5.24. The summed E-state index contributed by atoms with van der Waals surface area (Å²) in [7, 11) is 0. The van der Waals surface area contributed by atoms with Gasteiger partial charge in [-0.2, -0.15) is 0 Å². The molecule has 2 unspecified atom stereocenters. The molecule has 2 N–H and O–H groups in total. The number of hydrogen-bond donors (Lipinski definition) is 2. The Morgan fingerprint density at radius 1 is 1.50 bits per heavy atom. The molecule has 5 nitrogen and oxygen atoms in total. The van der Waals surface area contributed by atoms with Gasteiger partial charge in [-0.05, 0) is 31.2 Å². The highest BCUT2D eigenvalue weighted by atomic mass is 16.5. The summed E-state index contributed by atoms with van der Waals surface area (Å²) in [5, 5.41) is 12.7. The zero-order valence-corrected chi connectivity index (χ0v) is 12.0. The van der Waals surface area contributed by atoms with E-state index in [0.29, 0.717) is 19.8 Å². The first kappa shape index (κ1) is 15.0. The normalized spacial score (nSPS) is 22.2. The number of anilines is 1. The molecule has 1 aromatic rings. The number of ether oxygens (including phenoxy) is 1. The van der Waals surface area contributed by atoms with Crippen LogP contribution in [0.1, 0.15) is 12.5 Å². The lowest BCUT2D eigenvalue weighted by Crippen LogP contribution is -2.46. The van der Waals surface area contributed by atoms with Gasteiger partial charge in [-0.3, -0.25) is 9.69 Å². The lowest BCUT2D eigenvalue weighted by atomic mass is 10.2. The molecule has 0 bridgehead atoms. The van der Waals surface area contributed by atoms with Crippen molar-refractivity contribution in [3.63, 3.8) is 0 Å². The van der Waals surface area contributed by atoms with E-state index in [1.165, 1.54) is 0 Å². The van der Waals surface area contributed by atoms with E-state index in [1.807, 2.05) is 43.0 Å². The second kappa shape index (κ2) is 6.83. The van der Waals surface area contributed by atoms with Crippen LogP contribution in [0.3, 0.4) is 0 Å². The van der Waals surface area contributed by atoms with Crippen molar-refractivity contribution in [2.45, 2.75) is 26.0 Å². The maximum atomic E-state index is 12.1. The molecular weight excluding hydrogens is 256 g/mol. The Labute approximate surface area is 119 Å². The number of carbonyl (C=O) groups is 1. The number of nitrogens with zero attached hydrogens (tertiary/aromatic N) is 1. The molecule has 1 fully saturated rings. The number of aliphatic hydroxyl groups excluding tert-OH is 1. The summed E-state index contributed by atoms with van der Waals surface area (Å²) in [6, 6.07) is 7.61. The minimum atomic E-state index is -0.512. The summed E-state index contributed by atoms with van der Waals surface area (Å²) in [6.45, 7) is 5.75. The third-order valence-electron chi connectivity index (χ3n) is 3.55. The summed E-state index contributed by atoms with van der Waals surface area (Å²) in [5.41, 5.74) is 1.91. The summed E-state index contributed by atoms with van der Waals surface area (Å²) >= 11 is 0. The van der Waals surface area contributed by atoms with E-state index in [2.05, 4.69) is 5.32 Å². The fourth-order valence-corrected chi connectivity index (χ4v) is 2.45. The lowest BCUT2D eigenvalue weighted by molar-refractivity contribution is -0.118. The lowest BCUT2D eigenvalue weighted by Gasteiger charge is -2.27. The first-order valence-corrected chi connectivity index (χ1v) is 6.96. The van der Waals surface area contributed by atoms with Crippen LogP contribution in [0, 0.1) is 6.92 Å². The molecule has 2 rings (SSSR count). The SMILES string of the molecule is CCN(CC(=O)Nc1cccc(C)c1)C1COCC1O. The van der Waals surface area contributed by atoms with Gasteiger partial charge in [-0.25, -0.2) is 0 Å². The predicted octanol–water partition coefficient (Wildman–Crippen LogP) is 1.02. The highest BCUT2D eigenvalue weighted by molar-refractivity contribution is 5.92. The first-order valence-electron chi connectivity index (χ1n) is 6.96. The van der Waals surface area contributed by atoms with Gasteiger partial charge in [-0.1, -0.05) is 19.1 Å². The molecule has 0 aliphatic carbocycles. The van der Waals surface area contributed by atoms with Gasteiger partial charge < -0.3 is 15.2 Å². The van der Waals surface area contributed by atoms with Gasteiger partial charge in [-0.15, -0.1) is 0 Å². The van der Waals surface area contributed by atoms with Crippen LogP contribution >= 0.6 is 0 Å². The Bertz CT molecular complexity index is 464. The number of aryl methyl sites for hydroxylation is 1. The van der Waals surface area contributed by atoms with Crippen LogP contribution in [-0.2, 0) is 9.53 Å². The van der Waals surface area contributed by atoms with Crippen LogP contribution in [0.15, 0.2) is 24.3 Å². The molecule has 0 spiro atoms. The number of nitrogens with one attached hydrogen (secondary N) is 1. The molecule has 0 saturated carbocycles. The van der Waals surface area contributed by atoms with Crippen molar-refractivity contribution in [3.8, 4) is 0 Å². The Hall–Kier alpha value is -1.43. The van der Waals surface area contributed by atoms with Gasteiger partial charge in [0, 0.05) is 5.69 Å². The molecule has 0 radical (unpaired) electrons. The summed E-state index contributed by atoms with van der Waals surface area (Å²) in [6.07, 6.45) is -0.512. The van der Waals surface area contributed by atoms with Crippen LogP contribution in [0.2, 0.25) is 0 Å². The van der Waals surface area contributed by atoms with Gasteiger partial charge in [0.05, 0.1) is 31.9 Å². The van der Waals surface area contributed by atoms with Gasteiger partial charge in [0.15, 0.2) is 0 Å². The van der Waals surface area contributed by atoms with Crippen molar-refractivity contribution in [3.05, 3.63) is 29.8 Å². The number of aliphatic hydroxyl groups is 1. The minimum Gasteiger partial charge on any atom is -0.389 e. The third kappa shape index (κ3) is 3.79. The van der Waals surface area contributed by atoms with E-state index >= 15 is 0 Å². The van der Waals surface area contributed by atoms with Crippen molar-refractivity contribution in [2.75, 3.05) is 31.6 Å². The van der Waals surface area contributed by atoms with Crippen molar-refractivity contribution < 1.29 is 14.6 Å². The molecule has 2 atom stereocenters. The number of likely N-dealkylation sites (N-methyl/N-ethyl adjacent to an activating group) is 1. The predicted molar refractivity (Wildman–Crippen MR) is 77.7 cm³/mol. The minimum absolute atomic E-state index is 0.0726. The first-order chi connectivity index (χ1) is 9.60. The number of rotatable bonds is 5. The Morgan fingerprint density at radius 2 is 2.30 bits per heavy atom. The zero-order valence-electron chi connectivity index (χ0n) is 12.0. The molecule has 1 aliphatic heterocycles. The number of amides is 1. The average molecular weight is 278 g/mol. The number of hydrogen-bond acceptors (Lipinski definition) is 4. The van der Waals surface area contributed by atoms with E-state index in [9.17, 15) is 9.90 Å². The van der Waals surface area contributed by atoms with Crippen molar-refractivity contribution >= 4 is 11.6 Å². The zero-order chi connectivity index (χ0) is 14.5. The van der Waals surface area contributed by atoms with Crippen LogP contribution < -0.4 is 5.32 Å². The standard InChI is InChI=1S/C15H22N2O3/c1-3-17(13-9-20-10-14(13)18)8-15(19)16-12-6-4-5-11(2)7-12/h4-7,13-14,18H,3,8-10H2,1-2H3,(H,16,19). The van der Waals surface area contributed by atoms with Gasteiger partial charge >= 0.3 is 0 Å². The van der Waals surface area contributed by atoms with Crippen molar-refractivity contribution in [1.82, 2.24) is 4.90 Å². The molecule has 1 aliphatic rings. The second-order valence-corrected chi connectivity index (χ2v) is 5.15. The van der Waals surface area contributed by atoms with E-state index in [0.717, 1.165) is 11.3 Å². The summed E-state index contributed by atoms with van der Waals surface area (Å²) in [4.78, 5) is 14.0. The molecule has 1 amide bonds. The largest absolute Gasteiger partial charge is 0.389 e. The number of benzene rings is 1. The van der Waals surface area contributed by atoms with E-state index in [4.69, 9.17) is 4.74 Å². The Kier molecular flexibility index (Phi) is 5.11. The molecule has 0 aromatic heterocycles. The molecule has 1 saturated heterocycles. The molecule has 1 heterocycles. The molecule has 1 aromatic carbocycles. The average Bonchev–Trinajstić information content (AvgIpc) is 2.82. The quantitative estimate of drug-likeness (QED) is 0.844. The van der Waals surface area contributed by atoms with Crippen LogP contribution in [0.25, 0.3) is 0 Å². The molecule has 20 heavy (non-hydrogen) atoms. The van der Waals surface area contributed by atoms with Crippen LogP contribution in [0.4, 0.5) is 5.69 Å². The molecule has 5 heteroatoms. The van der Waals surface area contributed by atoms with E-state index in [-0.39, 0.29) is 18.5 Å². The summed E-state index contributed by atoms with van der Waals surface area (Å²) in [5.74, 6) is -0.0726. The van der Waals surface area contributed by atoms with Gasteiger partial charge in [0.25, 0.3) is 0 Å². The fraction of sp³-hybridized carbons (Fsp3) is 0.533. The van der Waals surface area contributed by atoms with Crippen molar-refractivity contribution in [2.24, 2.45) is 0 Å². The van der Waals surface area contributed by atoms with Gasteiger partial charge in [0.2, 0.25) is 5.91 Å². The van der Waals surface area contributed by atoms with Crippen LogP contribution in [0.5, 0.6) is 0 Å². The van der Waals surface area contributed by atoms with E-state index < -0.39 is 6.10 Å². The van der Waals surface area contributed by atoms with Gasteiger partial charge in [0.1, 0.15) is 0 Å². The topological polar surface area (TPSA) is 61.8 Å². The monoisotopic (exact) mass is 278 g/mol. The maximum absolute atomic E-state index is 12.1. The second-order valence-electron chi connectivity index (χ2n) is 5.15. The Balaban J connectivity index is 1.92. The highest BCUT2D eigenvalue weighted by Crippen LogP contribution is 2.14. The Morgan fingerprint density at radius 3 is 2.90 bits per heavy atom. The fourth-order valence-electron chi connectivity index (χ4n) is 2.45. The highest BCUT2D eigenvalue weighted by Gasteiger charge is 2.31. The number of carbonyl (C=O) groups excluding carboxylic acids is 1. The maximum Gasteiger partial charge on any atom is 0.238 e.